The van der Waals surface area contributed by atoms with E-state index in [0.717, 1.165) is 122 Å². The fourth-order valence-corrected chi connectivity index (χ4v) is 13.5. The van der Waals surface area contributed by atoms with E-state index in [1.165, 1.54) is 32.1 Å². The number of hydrogen-bond donors (Lipinski definition) is 2. The number of anilines is 3. The van der Waals surface area contributed by atoms with Crippen LogP contribution in [0.15, 0.2) is 48.9 Å². The van der Waals surface area contributed by atoms with Gasteiger partial charge in [0, 0.05) is 94.2 Å². The second kappa shape index (κ2) is 19.7. The number of benzene rings is 1. The third kappa shape index (κ3) is 9.28. The fourth-order valence-electron chi connectivity index (χ4n) is 13.5. The van der Waals surface area contributed by atoms with E-state index in [9.17, 15) is 19.2 Å². The largest absolute Gasteiger partial charge is 0.368 e. The standard InChI is InChI=1S/C57H73N11O5/c1-36(2)67-35-60-47-31-46(61-53(52(47)67)59-32-38-8-9-38)39-10-13-45-48(28-39)68(43-29-42(30-43)63-20-4-3-5-21-63)56(73)57(45)18-25-65(26-19-57)55(72)41-7-6-22-66(34-41)51(70)27-37-16-23-64(24-17-37)49-14-11-40(33-58-49)44-12-15-50(69)62-54(44)71/h10-11,13-14,28,31,33,35-38,41-44H,3-9,12,15-27,29-30,32,34H2,1-2H3,(H,59,61)(H,62,69,71)/t41-,42-,43+,44?/m0/s1. The van der Waals surface area contributed by atoms with Crippen molar-refractivity contribution in [2.75, 3.05) is 74.0 Å². The van der Waals surface area contributed by atoms with Crippen molar-refractivity contribution < 1.29 is 24.0 Å². The molecule has 2 N–H and O–H groups in total. The molecule has 7 fully saturated rings. The van der Waals surface area contributed by atoms with Crippen LogP contribution in [0.5, 0.6) is 0 Å². The average Bonchev–Trinajstić information content (AvgIpc) is 4.09. The molecule has 73 heavy (non-hydrogen) atoms. The summed E-state index contributed by atoms with van der Waals surface area (Å²) in [5.41, 5.74) is 6.01. The second-order valence-electron chi connectivity index (χ2n) is 23.3. The van der Waals surface area contributed by atoms with Crippen LogP contribution in [0.1, 0.15) is 140 Å². The lowest BCUT2D eigenvalue weighted by Gasteiger charge is -2.48. The number of nitrogens with zero attached hydrogens (tertiary/aromatic N) is 9. The quantitative estimate of drug-likeness (QED) is 0.138. The number of amides is 5. The first-order valence-corrected chi connectivity index (χ1v) is 27.9. The lowest BCUT2D eigenvalue weighted by Crippen LogP contribution is -2.58. The number of pyridine rings is 2. The van der Waals surface area contributed by atoms with Crippen molar-refractivity contribution in [3.8, 4) is 11.3 Å². The summed E-state index contributed by atoms with van der Waals surface area (Å²) in [7, 11) is 0. The number of aromatic nitrogens is 4. The molecule has 1 aromatic carbocycles. The molecule has 6 aliphatic heterocycles. The van der Waals surface area contributed by atoms with Gasteiger partial charge in [0.2, 0.25) is 29.5 Å². The molecule has 5 amide bonds. The van der Waals surface area contributed by atoms with Crippen molar-refractivity contribution in [3.05, 3.63) is 60.0 Å². The minimum Gasteiger partial charge on any atom is -0.368 e. The average molecular weight is 992 g/mol. The molecule has 3 aromatic heterocycles. The van der Waals surface area contributed by atoms with E-state index in [4.69, 9.17) is 9.97 Å². The second-order valence-corrected chi connectivity index (χ2v) is 23.3. The molecule has 16 heteroatoms. The summed E-state index contributed by atoms with van der Waals surface area (Å²) in [5.74, 6) is 2.04. The summed E-state index contributed by atoms with van der Waals surface area (Å²) >= 11 is 0. The first-order valence-electron chi connectivity index (χ1n) is 27.9. The van der Waals surface area contributed by atoms with Crippen LogP contribution in [0.2, 0.25) is 0 Å². The smallest absolute Gasteiger partial charge is 0.238 e. The number of carbonyl (C=O) groups is 5. The molecule has 1 spiro atoms. The predicted molar refractivity (Wildman–Crippen MR) is 280 cm³/mol. The van der Waals surface area contributed by atoms with Gasteiger partial charge < -0.3 is 34.4 Å². The Balaban J connectivity index is 0.704. The van der Waals surface area contributed by atoms with Crippen molar-refractivity contribution in [1.82, 2.24) is 39.5 Å². The number of piperidine rings is 5. The van der Waals surface area contributed by atoms with Crippen LogP contribution in [0, 0.1) is 17.8 Å². The Labute approximate surface area is 429 Å². The number of fused-ring (bicyclic) bond motifs is 3. The monoisotopic (exact) mass is 992 g/mol. The van der Waals surface area contributed by atoms with Gasteiger partial charge in [0.1, 0.15) is 11.3 Å². The van der Waals surface area contributed by atoms with E-state index in [1.54, 1.807) is 6.20 Å². The Morgan fingerprint density at radius 1 is 0.808 bits per heavy atom. The lowest BCUT2D eigenvalue weighted by molar-refractivity contribution is -0.144. The van der Waals surface area contributed by atoms with Gasteiger partial charge in [-0.1, -0.05) is 24.6 Å². The normalized spacial score (nSPS) is 25.9. The minimum atomic E-state index is -0.690. The van der Waals surface area contributed by atoms with Gasteiger partial charge in [0.15, 0.2) is 5.82 Å². The van der Waals surface area contributed by atoms with Crippen LogP contribution in [-0.4, -0.2) is 135 Å². The Morgan fingerprint density at radius 2 is 1.60 bits per heavy atom. The van der Waals surface area contributed by atoms with Gasteiger partial charge >= 0.3 is 0 Å². The summed E-state index contributed by atoms with van der Waals surface area (Å²) in [6, 6.07) is 13.5. The van der Waals surface area contributed by atoms with Crippen LogP contribution in [-0.2, 0) is 29.4 Å². The molecule has 0 bridgehead atoms. The number of carbonyl (C=O) groups excluding carboxylic acids is 5. The molecule has 2 saturated carbocycles. The maximum absolute atomic E-state index is 15.3. The Morgan fingerprint density at radius 3 is 2.33 bits per heavy atom. The molecule has 2 atom stereocenters. The van der Waals surface area contributed by atoms with E-state index in [1.807, 2.05) is 28.3 Å². The van der Waals surface area contributed by atoms with Crippen LogP contribution in [0.25, 0.3) is 22.3 Å². The van der Waals surface area contributed by atoms with Crippen molar-refractivity contribution >= 4 is 57.9 Å². The summed E-state index contributed by atoms with van der Waals surface area (Å²) in [5, 5.41) is 6.13. The van der Waals surface area contributed by atoms with Gasteiger partial charge in [-0.15, -0.1) is 0 Å². The zero-order valence-corrected chi connectivity index (χ0v) is 42.9. The van der Waals surface area contributed by atoms with Gasteiger partial charge in [-0.2, -0.15) is 0 Å². The molecule has 2 aliphatic carbocycles. The number of nitrogens with one attached hydrogen (secondary N) is 2. The van der Waals surface area contributed by atoms with Gasteiger partial charge in [-0.05, 0) is 152 Å². The van der Waals surface area contributed by atoms with Crippen LogP contribution >= 0.6 is 0 Å². The van der Waals surface area contributed by atoms with E-state index >= 15 is 4.79 Å². The van der Waals surface area contributed by atoms with Crippen molar-refractivity contribution in [3.63, 3.8) is 0 Å². The third-order valence-corrected chi connectivity index (χ3v) is 18.3. The first kappa shape index (κ1) is 48.1. The van der Waals surface area contributed by atoms with Gasteiger partial charge in [-0.3, -0.25) is 29.3 Å². The van der Waals surface area contributed by atoms with Crippen LogP contribution in [0.3, 0.4) is 0 Å². The first-order chi connectivity index (χ1) is 35.5. The molecule has 12 rings (SSSR count). The molecule has 4 aromatic rings. The van der Waals surface area contributed by atoms with E-state index in [0.29, 0.717) is 70.2 Å². The number of imide groups is 1. The molecule has 9 heterocycles. The fraction of sp³-hybridized carbons (Fsp3) is 0.614. The van der Waals surface area contributed by atoms with E-state index in [-0.39, 0.29) is 59.4 Å². The molecule has 16 nitrogen and oxygen atoms in total. The van der Waals surface area contributed by atoms with Crippen LogP contribution < -0.4 is 20.4 Å². The Kier molecular flexibility index (Phi) is 13.0. The van der Waals surface area contributed by atoms with E-state index < -0.39 is 5.41 Å². The Bertz CT molecular complexity index is 2760. The predicted octanol–water partition coefficient (Wildman–Crippen LogP) is 7.19. The van der Waals surface area contributed by atoms with Crippen molar-refractivity contribution in [1.29, 1.82) is 0 Å². The number of hydrogen-bond acceptors (Lipinski definition) is 11. The minimum absolute atomic E-state index is 0.116. The maximum Gasteiger partial charge on any atom is 0.238 e. The molecule has 8 aliphatic rings. The SMILES string of the molecule is CC(C)n1cnc2cc(-c3ccc4c(c3)N([C@H]3C[C@@H](N5CCCCC5)C3)C(=O)C43CCN(C(=O)[C@H]4CCCN(C(=O)CC5CCN(c6ccc(C7CCC(=O)NC7=O)cn6)CC5)C4)CC3)nc(NCC3CC3)c21. The molecule has 5 saturated heterocycles. The number of rotatable bonds is 12. The van der Waals surface area contributed by atoms with E-state index in [2.05, 4.69) is 73.0 Å². The summed E-state index contributed by atoms with van der Waals surface area (Å²) in [4.78, 5) is 93.5. The summed E-state index contributed by atoms with van der Waals surface area (Å²) in [6.07, 6.45) is 17.8. The number of imidazole rings is 1. The Hall–Kier alpha value is -5.90. The highest BCUT2D eigenvalue weighted by molar-refractivity contribution is 6.09. The highest BCUT2D eigenvalue weighted by Crippen LogP contribution is 2.52. The highest BCUT2D eigenvalue weighted by Gasteiger charge is 2.56. The zero-order valence-electron chi connectivity index (χ0n) is 42.9. The lowest BCUT2D eigenvalue weighted by atomic mass is 9.73. The highest BCUT2D eigenvalue weighted by atomic mass is 16.2. The van der Waals surface area contributed by atoms with Crippen molar-refractivity contribution in [2.24, 2.45) is 17.8 Å². The summed E-state index contributed by atoms with van der Waals surface area (Å²) in [6.45, 7) is 11.3. The molecule has 0 radical (unpaired) electrons. The third-order valence-electron chi connectivity index (χ3n) is 18.3. The number of likely N-dealkylation sites (tertiary alicyclic amines) is 3. The van der Waals surface area contributed by atoms with Gasteiger partial charge in [0.25, 0.3) is 0 Å². The molecular formula is C57H73N11O5. The summed E-state index contributed by atoms with van der Waals surface area (Å²) < 4.78 is 2.20. The van der Waals surface area contributed by atoms with Crippen LogP contribution in [0.4, 0.5) is 17.3 Å². The molecular weight excluding hydrogens is 919 g/mol. The zero-order chi connectivity index (χ0) is 50.0. The van der Waals surface area contributed by atoms with Gasteiger partial charge in [-0.25, -0.2) is 15.0 Å². The van der Waals surface area contributed by atoms with Crippen molar-refractivity contribution in [2.45, 2.75) is 146 Å². The topological polar surface area (TPSA) is 169 Å². The molecule has 1 unspecified atom stereocenters. The molecule has 386 valence electrons. The maximum atomic E-state index is 15.3. The van der Waals surface area contributed by atoms with Gasteiger partial charge in [0.05, 0.1) is 34.8 Å².